The SMILES string of the molecule is CCN(Cc1ccnc(-c2cc(OC)c(OC)c(OC)c2)c1)C1CCNCC1. The average Bonchev–Trinajstić information content (AvgIpc) is 2.77. The number of aromatic nitrogens is 1. The van der Waals surface area contributed by atoms with Crippen LogP contribution in [-0.2, 0) is 6.54 Å². The number of methoxy groups -OCH3 is 3. The molecule has 28 heavy (non-hydrogen) atoms. The first-order chi connectivity index (χ1) is 13.7. The van der Waals surface area contributed by atoms with E-state index in [9.17, 15) is 0 Å². The molecule has 6 heteroatoms. The summed E-state index contributed by atoms with van der Waals surface area (Å²) in [6.07, 6.45) is 4.29. The smallest absolute Gasteiger partial charge is 0.203 e. The Bertz CT molecular complexity index is 750. The van der Waals surface area contributed by atoms with Gasteiger partial charge >= 0.3 is 0 Å². The monoisotopic (exact) mass is 385 g/mol. The summed E-state index contributed by atoms with van der Waals surface area (Å²) < 4.78 is 16.4. The Morgan fingerprint density at radius 2 is 1.71 bits per heavy atom. The predicted octanol–water partition coefficient (Wildman–Crippen LogP) is 3.35. The molecule has 1 N–H and O–H groups in total. The van der Waals surface area contributed by atoms with Crippen molar-refractivity contribution in [1.29, 1.82) is 0 Å². The number of rotatable bonds is 8. The van der Waals surface area contributed by atoms with Gasteiger partial charge in [0.25, 0.3) is 0 Å². The second kappa shape index (κ2) is 9.75. The highest BCUT2D eigenvalue weighted by Gasteiger charge is 2.20. The van der Waals surface area contributed by atoms with Crippen LogP contribution in [0.4, 0.5) is 0 Å². The normalized spacial score (nSPS) is 14.9. The first-order valence-electron chi connectivity index (χ1n) is 9.90. The molecule has 0 radical (unpaired) electrons. The van der Waals surface area contributed by atoms with Crippen molar-refractivity contribution < 1.29 is 14.2 Å². The molecule has 0 amide bonds. The number of benzene rings is 1. The fourth-order valence-corrected chi connectivity index (χ4v) is 3.86. The maximum atomic E-state index is 5.49. The fraction of sp³-hybridized carbons (Fsp3) is 0.500. The minimum atomic E-state index is 0.591. The van der Waals surface area contributed by atoms with Gasteiger partial charge in [-0.25, -0.2) is 0 Å². The molecule has 1 aliphatic heterocycles. The molecule has 2 aromatic rings. The fourth-order valence-electron chi connectivity index (χ4n) is 3.86. The second-order valence-corrected chi connectivity index (χ2v) is 7.01. The zero-order valence-corrected chi connectivity index (χ0v) is 17.3. The molecule has 0 bridgehead atoms. The van der Waals surface area contributed by atoms with E-state index < -0.39 is 0 Å². The lowest BCUT2D eigenvalue weighted by Crippen LogP contribution is -2.42. The van der Waals surface area contributed by atoms with E-state index in [1.165, 1.54) is 18.4 Å². The molecule has 152 valence electrons. The molecule has 0 atom stereocenters. The highest BCUT2D eigenvalue weighted by molar-refractivity contribution is 5.69. The van der Waals surface area contributed by atoms with Gasteiger partial charge in [0.1, 0.15) is 0 Å². The summed E-state index contributed by atoms with van der Waals surface area (Å²) >= 11 is 0. The molecule has 0 spiro atoms. The van der Waals surface area contributed by atoms with E-state index in [2.05, 4.69) is 34.3 Å². The lowest BCUT2D eigenvalue weighted by molar-refractivity contribution is 0.162. The molecule has 3 rings (SSSR count). The highest BCUT2D eigenvalue weighted by atomic mass is 16.5. The number of piperidine rings is 1. The Labute approximate surface area is 167 Å². The van der Waals surface area contributed by atoms with Gasteiger partial charge < -0.3 is 19.5 Å². The molecule has 1 saturated heterocycles. The van der Waals surface area contributed by atoms with E-state index in [0.717, 1.165) is 37.4 Å². The molecular formula is C22H31N3O3. The van der Waals surface area contributed by atoms with Crippen molar-refractivity contribution >= 4 is 0 Å². The molecule has 0 unspecified atom stereocenters. The summed E-state index contributed by atoms with van der Waals surface area (Å²) in [5, 5.41) is 3.45. The van der Waals surface area contributed by atoms with Crippen LogP contribution in [0.25, 0.3) is 11.3 Å². The standard InChI is InChI=1S/C22H31N3O3/c1-5-25(18-7-9-23-10-8-18)15-16-6-11-24-19(12-16)17-13-20(26-2)22(28-4)21(14-17)27-3/h6,11-14,18,23H,5,7-10,15H2,1-4H3. The maximum Gasteiger partial charge on any atom is 0.203 e. The Morgan fingerprint density at radius 1 is 1.04 bits per heavy atom. The summed E-state index contributed by atoms with van der Waals surface area (Å²) in [7, 11) is 4.87. The number of hydrogen-bond acceptors (Lipinski definition) is 6. The van der Waals surface area contributed by atoms with Crippen molar-refractivity contribution in [2.45, 2.75) is 32.4 Å². The number of ether oxygens (including phenoxy) is 3. The molecule has 1 aromatic heterocycles. The molecule has 2 heterocycles. The summed E-state index contributed by atoms with van der Waals surface area (Å²) in [6, 6.07) is 8.79. The highest BCUT2D eigenvalue weighted by Crippen LogP contribution is 2.40. The van der Waals surface area contributed by atoms with E-state index >= 15 is 0 Å². The Hall–Kier alpha value is -2.31. The summed E-state index contributed by atoms with van der Waals surface area (Å²) in [6.45, 7) is 6.43. The number of hydrogen-bond donors (Lipinski definition) is 1. The van der Waals surface area contributed by atoms with Crippen molar-refractivity contribution in [3.05, 3.63) is 36.0 Å². The lowest BCUT2D eigenvalue weighted by atomic mass is 10.0. The zero-order valence-electron chi connectivity index (χ0n) is 17.3. The van der Waals surface area contributed by atoms with Crippen LogP contribution in [0.2, 0.25) is 0 Å². The predicted molar refractivity (Wildman–Crippen MR) is 111 cm³/mol. The van der Waals surface area contributed by atoms with Crippen LogP contribution in [0.3, 0.4) is 0 Å². The average molecular weight is 386 g/mol. The van der Waals surface area contributed by atoms with Crippen LogP contribution < -0.4 is 19.5 Å². The second-order valence-electron chi connectivity index (χ2n) is 7.01. The third-order valence-corrected chi connectivity index (χ3v) is 5.40. The van der Waals surface area contributed by atoms with Crippen molar-refractivity contribution in [2.75, 3.05) is 41.0 Å². The van der Waals surface area contributed by atoms with Gasteiger partial charge in [-0.1, -0.05) is 6.92 Å². The Morgan fingerprint density at radius 3 is 2.29 bits per heavy atom. The van der Waals surface area contributed by atoms with Crippen molar-refractivity contribution in [1.82, 2.24) is 15.2 Å². The number of nitrogens with one attached hydrogen (secondary N) is 1. The van der Waals surface area contributed by atoms with Gasteiger partial charge in [0, 0.05) is 24.3 Å². The number of nitrogens with zero attached hydrogens (tertiary/aromatic N) is 2. The van der Waals surface area contributed by atoms with Gasteiger partial charge in [-0.3, -0.25) is 9.88 Å². The molecule has 1 fully saturated rings. The maximum absolute atomic E-state index is 5.49. The van der Waals surface area contributed by atoms with Gasteiger partial charge in [-0.05, 0) is 62.3 Å². The van der Waals surface area contributed by atoms with E-state index in [1.807, 2.05) is 18.3 Å². The van der Waals surface area contributed by atoms with Gasteiger partial charge in [-0.2, -0.15) is 0 Å². The largest absolute Gasteiger partial charge is 0.493 e. The van der Waals surface area contributed by atoms with Gasteiger partial charge in [-0.15, -0.1) is 0 Å². The molecule has 1 aromatic carbocycles. The van der Waals surface area contributed by atoms with E-state index in [-0.39, 0.29) is 0 Å². The molecule has 1 aliphatic rings. The van der Waals surface area contributed by atoms with Crippen LogP contribution >= 0.6 is 0 Å². The van der Waals surface area contributed by atoms with E-state index in [0.29, 0.717) is 23.3 Å². The van der Waals surface area contributed by atoms with Crippen LogP contribution in [-0.4, -0.2) is 56.9 Å². The zero-order chi connectivity index (χ0) is 19.9. The molecule has 6 nitrogen and oxygen atoms in total. The quantitative estimate of drug-likeness (QED) is 0.752. The van der Waals surface area contributed by atoms with Gasteiger partial charge in [0.05, 0.1) is 27.0 Å². The van der Waals surface area contributed by atoms with Crippen LogP contribution in [0.1, 0.15) is 25.3 Å². The minimum absolute atomic E-state index is 0.591. The van der Waals surface area contributed by atoms with Crippen molar-refractivity contribution in [2.24, 2.45) is 0 Å². The summed E-state index contributed by atoms with van der Waals surface area (Å²) in [5.41, 5.74) is 3.11. The first-order valence-corrected chi connectivity index (χ1v) is 9.90. The molecular weight excluding hydrogens is 354 g/mol. The first kappa shape index (κ1) is 20.4. The van der Waals surface area contributed by atoms with Crippen molar-refractivity contribution in [3.63, 3.8) is 0 Å². The Balaban J connectivity index is 1.86. The van der Waals surface area contributed by atoms with Crippen LogP contribution in [0.5, 0.6) is 17.2 Å². The topological polar surface area (TPSA) is 55.9 Å². The van der Waals surface area contributed by atoms with E-state index in [4.69, 9.17) is 14.2 Å². The van der Waals surface area contributed by atoms with Gasteiger partial charge in [0.2, 0.25) is 5.75 Å². The number of pyridine rings is 1. The third kappa shape index (κ3) is 4.56. The molecule has 0 aliphatic carbocycles. The lowest BCUT2D eigenvalue weighted by Gasteiger charge is -2.34. The molecule has 0 saturated carbocycles. The van der Waals surface area contributed by atoms with E-state index in [1.54, 1.807) is 21.3 Å². The third-order valence-electron chi connectivity index (χ3n) is 5.40. The Kier molecular flexibility index (Phi) is 7.12. The van der Waals surface area contributed by atoms with Gasteiger partial charge in [0.15, 0.2) is 11.5 Å². The summed E-state index contributed by atoms with van der Waals surface area (Å²) in [4.78, 5) is 7.15. The van der Waals surface area contributed by atoms with Crippen LogP contribution in [0.15, 0.2) is 30.5 Å². The summed E-state index contributed by atoms with van der Waals surface area (Å²) in [5.74, 6) is 1.86. The van der Waals surface area contributed by atoms with Crippen molar-refractivity contribution in [3.8, 4) is 28.5 Å². The van der Waals surface area contributed by atoms with Crippen LogP contribution in [0, 0.1) is 0 Å². The minimum Gasteiger partial charge on any atom is -0.493 e.